The summed E-state index contributed by atoms with van der Waals surface area (Å²) in [5, 5.41) is 9.81. The molecule has 90 valence electrons. The molecule has 0 aliphatic rings. The van der Waals surface area contributed by atoms with E-state index in [0.29, 0.717) is 0 Å². The third-order valence-electron chi connectivity index (χ3n) is 2.87. The summed E-state index contributed by atoms with van der Waals surface area (Å²) < 4.78 is 0. The highest BCUT2D eigenvalue weighted by molar-refractivity contribution is 5.97. The number of hydrogen-bond acceptors (Lipinski definition) is 4. The number of aliphatic hydroxyl groups is 1. The van der Waals surface area contributed by atoms with E-state index in [9.17, 15) is 0 Å². The normalized spacial score (nSPS) is 10.7. The number of nitrogens with zero attached hydrogens (tertiary/aromatic N) is 2. The van der Waals surface area contributed by atoms with E-state index in [0.717, 1.165) is 35.2 Å². The molecule has 3 N–H and O–H groups in total. The van der Waals surface area contributed by atoms with Gasteiger partial charge in [0, 0.05) is 31.8 Å². The second kappa shape index (κ2) is 5.01. The minimum atomic E-state index is 0.194. The van der Waals surface area contributed by atoms with Crippen LogP contribution in [0.15, 0.2) is 30.5 Å². The summed E-state index contributed by atoms with van der Waals surface area (Å²) in [6.07, 6.45) is 2.50. The Kier molecular flexibility index (Phi) is 3.44. The Bertz CT molecular complexity index is 513. The summed E-state index contributed by atoms with van der Waals surface area (Å²) in [5.74, 6) is 0. The highest BCUT2D eigenvalue weighted by Gasteiger charge is 2.08. The molecule has 4 nitrogen and oxygen atoms in total. The molecule has 4 heteroatoms. The lowest BCUT2D eigenvalue weighted by molar-refractivity contribution is 0.290. The maximum Gasteiger partial charge on any atom is 0.0724 e. The first-order valence-electron chi connectivity index (χ1n) is 5.69. The van der Waals surface area contributed by atoms with Gasteiger partial charge in [0.1, 0.15) is 0 Å². The van der Waals surface area contributed by atoms with Crippen LogP contribution in [0.25, 0.3) is 10.9 Å². The zero-order chi connectivity index (χ0) is 12.3. The highest BCUT2D eigenvalue weighted by atomic mass is 16.3. The van der Waals surface area contributed by atoms with Crippen LogP contribution in [0, 0.1) is 0 Å². The Morgan fingerprint density at radius 3 is 2.94 bits per heavy atom. The van der Waals surface area contributed by atoms with Gasteiger partial charge in [0.05, 0.1) is 16.9 Å². The van der Waals surface area contributed by atoms with Crippen molar-refractivity contribution in [2.45, 2.75) is 6.42 Å². The van der Waals surface area contributed by atoms with Crippen LogP contribution >= 0.6 is 0 Å². The van der Waals surface area contributed by atoms with Crippen LogP contribution in [0.3, 0.4) is 0 Å². The first-order valence-corrected chi connectivity index (χ1v) is 5.69. The summed E-state index contributed by atoms with van der Waals surface area (Å²) in [4.78, 5) is 6.32. The van der Waals surface area contributed by atoms with Gasteiger partial charge in [0.2, 0.25) is 0 Å². The molecule has 2 aromatic rings. The van der Waals surface area contributed by atoms with Gasteiger partial charge in [0.15, 0.2) is 0 Å². The van der Waals surface area contributed by atoms with E-state index in [1.807, 2.05) is 31.3 Å². The predicted octanol–water partition coefficient (Wildman–Crippen LogP) is 1.64. The number of benzene rings is 1. The number of nitrogens with two attached hydrogens (primary N) is 1. The van der Waals surface area contributed by atoms with Crippen molar-refractivity contribution >= 4 is 22.3 Å². The van der Waals surface area contributed by atoms with E-state index in [1.165, 1.54) is 0 Å². The lowest BCUT2D eigenvalue weighted by Gasteiger charge is -2.21. The van der Waals surface area contributed by atoms with Crippen LogP contribution in [0.5, 0.6) is 0 Å². The first-order chi connectivity index (χ1) is 8.24. The van der Waals surface area contributed by atoms with Crippen molar-refractivity contribution in [3.63, 3.8) is 0 Å². The fraction of sp³-hybridized carbons (Fsp3) is 0.308. The van der Waals surface area contributed by atoms with E-state index in [-0.39, 0.29) is 6.61 Å². The summed E-state index contributed by atoms with van der Waals surface area (Å²) in [6, 6.07) is 7.80. The average molecular weight is 231 g/mol. The number of anilines is 2. The van der Waals surface area contributed by atoms with Gasteiger partial charge in [0.25, 0.3) is 0 Å². The highest BCUT2D eigenvalue weighted by Crippen LogP contribution is 2.29. The van der Waals surface area contributed by atoms with E-state index in [1.54, 1.807) is 6.20 Å². The number of rotatable bonds is 4. The third-order valence-corrected chi connectivity index (χ3v) is 2.87. The first kappa shape index (κ1) is 11.7. The zero-order valence-corrected chi connectivity index (χ0v) is 9.93. The van der Waals surface area contributed by atoms with Crippen LogP contribution in [0.1, 0.15) is 6.42 Å². The van der Waals surface area contributed by atoms with Crippen LogP contribution in [-0.2, 0) is 0 Å². The van der Waals surface area contributed by atoms with Crippen molar-refractivity contribution in [1.82, 2.24) is 4.98 Å². The molecule has 2 rings (SSSR count). The number of fused-ring (bicyclic) bond motifs is 1. The second-order valence-corrected chi connectivity index (χ2v) is 4.07. The molecular weight excluding hydrogens is 214 g/mol. The Morgan fingerprint density at radius 1 is 1.35 bits per heavy atom. The molecule has 0 amide bonds. The molecule has 0 saturated heterocycles. The van der Waals surface area contributed by atoms with E-state index < -0.39 is 0 Å². The number of aliphatic hydroxyl groups excluding tert-OH is 1. The minimum Gasteiger partial charge on any atom is -0.396 e. The number of hydrogen-bond donors (Lipinski definition) is 2. The summed E-state index contributed by atoms with van der Waals surface area (Å²) in [7, 11) is 1.98. The minimum absolute atomic E-state index is 0.194. The van der Waals surface area contributed by atoms with Gasteiger partial charge < -0.3 is 15.7 Å². The molecule has 0 aliphatic carbocycles. The van der Waals surface area contributed by atoms with E-state index in [4.69, 9.17) is 10.8 Å². The summed E-state index contributed by atoms with van der Waals surface area (Å²) in [6.45, 7) is 0.978. The standard InChI is InChI=1S/C13H17N3O/c1-16(8-3-9-17)12-6-5-11-10(13(12)14)4-2-7-15-11/h2,4-7,17H,3,8-9,14H2,1H3. The zero-order valence-electron chi connectivity index (χ0n) is 9.93. The lowest BCUT2D eigenvalue weighted by Crippen LogP contribution is -2.20. The maximum absolute atomic E-state index is 8.84. The van der Waals surface area contributed by atoms with Crippen LogP contribution < -0.4 is 10.6 Å². The van der Waals surface area contributed by atoms with Gasteiger partial charge in [-0.15, -0.1) is 0 Å². The Morgan fingerprint density at radius 2 is 2.18 bits per heavy atom. The summed E-state index contributed by atoms with van der Waals surface area (Å²) >= 11 is 0. The Balaban J connectivity index is 2.38. The molecule has 1 aromatic heterocycles. The van der Waals surface area contributed by atoms with Gasteiger partial charge in [-0.2, -0.15) is 0 Å². The van der Waals surface area contributed by atoms with Crippen molar-refractivity contribution in [2.75, 3.05) is 30.8 Å². The number of pyridine rings is 1. The van der Waals surface area contributed by atoms with Crippen LogP contribution in [0.4, 0.5) is 11.4 Å². The lowest BCUT2D eigenvalue weighted by atomic mass is 10.1. The molecule has 0 spiro atoms. The molecule has 0 fully saturated rings. The monoisotopic (exact) mass is 231 g/mol. The Labute approximate surface area is 101 Å². The smallest absolute Gasteiger partial charge is 0.0724 e. The molecule has 0 aliphatic heterocycles. The van der Waals surface area contributed by atoms with E-state index in [2.05, 4.69) is 9.88 Å². The van der Waals surface area contributed by atoms with Crippen molar-refractivity contribution in [1.29, 1.82) is 0 Å². The second-order valence-electron chi connectivity index (χ2n) is 4.07. The number of nitrogen functional groups attached to an aromatic ring is 1. The largest absolute Gasteiger partial charge is 0.396 e. The fourth-order valence-corrected chi connectivity index (χ4v) is 1.92. The predicted molar refractivity (Wildman–Crippen MR) is 71.1 cm³/mol. The van der Waals surface area contributed by atoms with Gasteiger partial charge in [-0.25, -0.2) is 0 Å². The van der Waals surface area contributed by atoms with Crippen LogP contribution in [0.2, 0.25) is 0 Å². The van der Waals surface area contributed by atoms with Crippen molar-refractivity contribution in [2.24, 2.45) is 0 Å². The quantitative estimate of drug-likeness (QED) is 0.785. The molecule has 0 radical (unpaired) electrons. The van der Waals surface area contributed by atoms with Gasteiger partial charge in [-0.1, -0.05) is 0 Å². The molecule has 0 unspecified atom stereocenters. The molecule has 17 heavy (non-hydrogen) atoms. The van der Waals surface area contributed by atoms with Crippen molar-refractivity contribution < 1.29 is 5.11 Å². The summed E-state index contributed by atoms with van der Waals surface area (Å²) in [5.41, 5.74) is 8.79. The topological polar surface area (TPSA) is 62.4 Å². The van der Waals surface area contributed by atoms with Crippen molar-refractivity contribution in [3.8, 4) is 0 Å². The third kappa shape index (κ3) is 2.31. The van der Waals surface area contributed by atoms with Gasteiger partial charge in [-0.05, 0) is 30.7 Å². The van der Waals surface area contributed by atoms with Gasteiger partial charge >= 0.3 is 0 Å². The molecular formula is C13H17N3O. The molecule has 0 saturated carbocycles. The van der Waals surface area contributed by atoms with Crippen molar-refractivity contribution in [3.05, 3.63) is 30.5 Å². The van der Waals surface area contributed by atoms with E-state index >= 15 is 0 Å². The van der Waals surface area contributed by atoms with Crippen LogP contribution in [-0.4, -0.2) is 30.3 Å². The number of aromatic nitrogens is 1. The molecule has 0 atom stereocenters. The maximum atomic E-state index is 8.84. The van der Waals surface area contributed by atoms with Gasteiger partial charge in [-0.3, -0.25) is 4.98 Å². The molecule has 1 heterocycles. The average Bonchev–Trinajstić information content (AvgIpc) is 2.37. The molecule has 1 aromatic carbocycles. The molecule has 0 bridgehead atoms. The SMILES string of the molecule is CN(CCCO)c1ccc2ncccc2c1N. The Hall–Kier alpha value is -1.81. The fourth-order valence-electron chi connectivity index (χ4n) is 1.92.